The summed E-state index contributed by atoms with van der Waals surface area (Å²) in [7, 11) is 0. The number of thioether (sulfide) groups is 1. The fraction of sp³-hybridized carbons (Fsp3) is 0.333. The summed E-state index contributed by atoms with van der Waals surface area (Å²) >= 11 is 1.37. The van der Waals surface area contributed by atoms with E-state index < -0.39 is 11.9 Å². The quantitative estimate of drug-likeness (QED) is 0.378. The molecule has 0 saturated heterocycles. The number of aromatic nitrogens is 2. The molecule has 1 N–H and O–H groups in total. The molecule has 0 atom stereocenters. The van der Waals surface area contributed by atoms with E-state index >= 15 is 0 Å². The molecule has 2 aromatic rings. The molecule has 1 aromatic carbocycles. The molecule has 0 aliphatic rings. The number of nitrogens with zero attached hydrogens (tertiary/aromatic N) is 3. The van der Waals surface area contributed by atoms with Gasteiger partial charge >= 0.3 is 6.18 Å². The van der Waals surface area contributed by atoms with Crippen LogP contribution < -0.4 is 0 Å². The Morgan fingerprint density at radius 1 is 1.30 bits per heavy atom. The Bertz CT molecular complexity index is 681. The molecule has 23 heavy (non-hydrogen) atoms. The average molecular weight is 343 g/mol. The molecule has 8 heteroatoms. The summed E-state index contributed by atoms with van der Waals surface area (Å²) in [5.41, 5.74) is -0.680. The van der Waals surface area contributed by atoms with Gasteiger partial charge in [-0.25, -0.2) is 0 Å². The van der Waals surface area contributed by atoms with Gasteiger partial charge in [0.15, 0.2) is 5.69 Å². The molecule has 2 rings (SSSR count). The van der Waals surface area contributed by atoms with E-state index in [1.54, 1.807) is 13.8 Å². The van der Waals surface area contributed by atoms with Crippen molar-refractivity contribution in [2.24, 2.45) is 5.16 Å². The number of alkyl halides is 3. The molecule has 0 spiro atoms. The minimum atomic E-state index is -4.54. The summed E-state index contributed by atoms with van der Waals surface area (Å²) < 4.78 is 39.9. The van der Waals surface area contributed by atoms with Gasteiger partial charge in [0, 0.05) is 16.7 Å². The molecule has 0 aliphatic heterocycles. The molecule has 0 fully saturated rings. The van der Waals surface area contributed by atoms with Crippen LogP contribution >= 0.6 is 11.8 Å². The highest BCUT2D eigenvalue weighted by Crippen LogP contribution is 2.30. The third-order valence-corrected chi connectivity index (χ3v) is 4.07. The van der Waals surface area contributed by atoms with E-state index in [0.717, 1.165) is 11.0 Å². The predicted molar refractivity (Wildman–Crippen MR) is 83.1 cm³/mol. The van der Waals surface area contributed by atoms with Gasteiger partial charge in [-0.3, -0.25) is 4.68 Å². The lowest BCUT2D eigenvalue weighted by molar-refractivity contribution is -0.141. The average Bonchev–Trinajstić information content (AvgIpc) is 2.94. The molecule has 1 heterocycles. The van der Waals surface area contributed by atoms with Crippen LogP contribution in [0.1, 0.15) is 31.3 Å². The van der Waals surface area contributed by atoms with Crippen LogP contribution in [0, 0.1) is 0 Å². The first kappa shape index (κ1) is 17.4. The van der Waals surface area contributed by atoms with Gasteiger partial charge in [-0.2, -0.15) is 18.3 Å². The monoisotopic (exact) mass is 343 g/mol. The molecule has 0 aliphatic carbocycles. The van der Waals surface area contributed by atoms with Crippen LogP contribution in [0.4, 0.5) is 13.2 Å². The molecule has 1 aromatic heterocycles. The number of benzene rings is 1. The van der Waals surface area contributed by atoms with E-state index in [9.17, 15) is 18.4 Å². The molecular weight excluding hydrogens is 327 g/mol. The lowest BCUT2D eigenvalue weighted by Crippen LogP contribution is -2.15. The molecule has 4 nitrogen and oxygen atoms in total. The van der Waals surface area contributed by atoms with Crippen LogP contribution in [0.5, 0.6) is 0 Å². The van der Waals surface area contributed by atoms with Gasteiger partial charge in [0.1, 0.15) is 5.71 Å². The molecule has 124 valence electrons. The van der Waals surface area contributed by atoms with Crippen molar-refractivity contribution in [1.82, 2.24) is 9.78 Å². The number of rotatable bonds is 5. The first-order chi connectivity index (χ1) is 10.8. The SMILES string of the molecule is CC(C)n1nc(C(F)(F)F)cc1/C(CSc1ccccc1)=N\O. The van der Waals surface area contributed by atoms with E-state index in [1.165, 1.54) is 16.4 Å². The molecule has 0 unspecified atom stereocenters. The number of hydrogen-bond donors (Lipinski definition) is 1. The first-order valence-electron chi connectivity index (χ1n) is 6.89. The van der Waals surface area contributed by atoms with Gasteiger partial charge in [-0.15, -0.1) is 11.8 Å². The van der Waals surface area contributed by atoms with Gasteiger partial charge < -0.3 is 5.21 Å². The lowest BCUT2D eigenvalue weighted by atomic mass is 10.2. The molecule has 0 bridgehead atoms. The molecule has 0 amide bonds. The van der Waals surface area contributed by atoms with Crippen LogP contribution in [0.15, 0.2) is 46.4 Å². The maximum Gasteiger partial charge on any atom is 0.435 e. The van der Waals surface area contributed by atoms with Gasteiger partial charge in [0.05, 0.1) is 5.69 Å². The highest BCUT2D eigenvalue weighted by Gasteiger charge is 2.35. The summed E-state index contributed by atoms with van der Waals surface area (Å²) in [4.78, 5) is 0.931. The fourth-order valence-electron chi connectivity index (χ4n) is 1.96. The third-order valence-electron chi connectivity index (χ3n) is 3.05. The largest absolute Gasteiger partial charge is 0.435 e. The van der Waals surface area contributed by atoms with E-state index in [2.05, 4.69) is 10.3 Å². The van der Waals surface area contributed by atoms with Crippen molar-refractivity contribution in [1.29, 1.82) is 0 Å². The standard InChI is InChI=1S/C15H16F3N3OS/c1-10(2)21-13(8-14(19-21)15(16,17)18)12(20-22)9-23-11-6-4-3-5-7-11/h3-8,10,22H,9H2,1-2H3/b20-12-. The summed E-state index contributed by atoms with van der Waals surface area (Å²) in [6, 6.07) is 9.96. The van der Waals surface area contributed by atoms with E-state index in [4.69, 9.17) is 0 Å². The van der Waals surface area contributed by atoms with E-state index in [-0.39, 0.29) is 23.2 Å². The smallest absolute Gasteiger partial charge is 0.411 e. The second-order valence-electron chi connectivity index (χ2n) is 5.10. The minimum Gasteiger partial charge on any atom is -0.411 e. The van der Waals surface area contributed by atoms with Crippen LogP contribution in [0.25, 0.3) is 0 Å². The fourth-order valence-corrected chi connectivity index (χ4v) is 2.82. The van der Waals surface area contributed by atoms with Crippen molar-refractivity contribution in [2.45, 2.75) is 31.0 Å². The van der Waals surface area contributed by atoms with Crippen LogP contribution in [-0.4, -0.2) is 26.5 Å². The van der Waals surface area contributed by atoms with Crippen molar-refractivity contribution in [2.75, 3.05) is 5.75 Å². The molecular formula is C15H16F3N3OS. The Labute approximate surface area is 136 Å². The summed E-state index contributed by atoms with van der Waals surface area (Å²) in [6.07, 6.45) is -4.54. The van der Waals surface area contributed by atoms with Crippen molar-refractivity contribution < 1.29 is 18.4 Å². The van der Waals surface area contributed by atoms with Crippen LogP contribution in [0.2, 0.25) is 0 Å². The normalized spacial score (nSPS) is 12.9. The van der Waals surface area contributed by atoms with E-state index in [1.807, 2.05) is 30.3 Å². The summed E-state index contributed by atoms with van der Waals surface area (Å²) in [6.45, 7) is 3.44. The summed E-state index contributed by atoms with van der Waals surface area (Å²) in [5, 5.41) is 16.0. The lowest BCUT2D eigenvalue weighted by Gasteiger charge is -2.11. The number of hydrogen-bond acceptors (Lipinski definition) is 4. The zero-order chi connectivity index (χ0) is 17.0. The summed E-state index contributed by atoms with van der Waals surface area (Å²) in [5.74, 6) is 0.232. The Balaban J connectivity index is 2.28. The van der Waals surface area contributed by atoms with Gasteiger partial charge in [0.2, 0.25) is 0 Å². The Morgan fingerprint density at radius 3 is 2.48 bits per heavy atom. The first-order valence-corrected chi connectivity index (χ1v) is 7.87. The second kappa shape index (κ2) is 7.08. The Hall–Kier alpha value is -1.96. The van der Waals surface area contributed by atoms with Crippen molar-refractivity contribution >= 4 is 17.5 Å². The maximum absolute atomic E-state index is 12.9. The minimum absolute atomic E-state index is 0.149. The number of oxime groups is 1. The van der Waals surface area contributed by atoms with Crippen molar-refractivity contribution in [3.63, 3.8) is 0 Å². The third kappa shape index (κ3) is 4.28. The zero-order valence-corrected chi connectivity index (χ0v) is 13.4. The zero-order valence-electron chi connectivity index (χ0n) is 12.6. The van der Waals surface area contributed by atoms with Crippen LogP contribution in [-0.2, 0) is 6.18 Å². The van der Waals surface area contributed by atoms with E-state index in [0.29, 0.717) is 0 Å². The molecule has 0 saturated carbocycles. The topological polar surface area (TPSA) is 50.4 Å². The van der Waals surface area contributed by atoms with Gasteiger partial charge in [0.25, 0.3) is 0 Å². The van der Waals surface area contributed by atoms with Crippen molar-refractivity contribution in [3.8, 4) is 0 Å². The van der Waals surface area contributed by atoms with Crippen molar-refractivity contribution in [3.05, 3.63) is 47.8 Å². The highest BCUT2D eigenvalue weighted by molar-refractivity contribution is 8.00. The van der Waals surface area contributed by atoms with Crippen LogP contribution in [0.3, 0.4) is 0 Å². The maximum atomic E-state index is 12.9. The predicted octanol–water partition coefficient (Wildman–Crippen LogP) is 4.45. The second-order valence-corrected chi connectivity index (χ2v) is 6.15. The van der Waals surface area contributed by atoms with Gasteiger partial charge in [-0.05, 0) is 32.0 Å². The Kier molecular flexibility index (Phi) is 5.35. The molecule has 0 radical (unpaired) electrons. The van der Waals surface area contributed by atoms with Gasteiger partial charge in [-0.1, -0.05) is 23.4 Å². The number of halogens is 3. The highest BCUT2D eigenvalue weighted by atomic mass is 32.2. The Morgan fingerprint density at radius 2 is 1.96 bits per heavy atom.